The van der Waals surface area contributed by atoms with Gasteiger partial charge in [0.1, 0.15) is 5.75 Å². The highest BCUT2D eigenvalue weighted by molar-refractivity contribution is 7.88. The molecule has 0 saturated heterocycles. The molecular formula is C18H28N2O4S. The summed E-state index contributed by atoms with van der Waals surface area (Å²) in [6.45, 7) is 0.331. The van der Waals surface area contributed by atoms with Crippen molar-refractivity contribution in [3.63, 3.8) is 0 Å². The number of carbonyl (C=O) groups excluding carboxylic acids is 1. The molecule has 1 aromatic rings. The maximum Gasteiger partial charge on any atom is 0.260 e. The molecule has 0 bridgehead atoms. The molecule has 0 spiro atoms. The fraction of sp³-hybridized carbons (Fsp3) is 0.611. The zero-order valence-electron chi connectivity index (χ0n) is 15.3. The summed E-state index contributed by atoms with van der Waals surface area (Å²) in [6, 6.07) is 7.48. The van der Waals surface area contributed by atoms with Gasteiger partial charge in [0.05, 0.1) is 6.26 Å². The highest BCUT2D eigenvalue weighted by atomic mass is 32.2. The van der Waals surface area contributed by atoms with E-state index in [-0.39, 0.29) is 12.5 Å². The lowest BCUT2D eigenvalue weighted by Crippen LogP contribution is -2.40. The summed E-state index contributed by atoms with van der Waals surface area (Å²) in [5.74, 6) is 0.601. The lowest BCUT2D eigenvalue weighted by molar-refractivity contribution is -0.134. The molecule has 0 N–H and O–H groups in total. The van der Waals surface area contributed by atoms with Crippen LogP contribution in [-0.4, -0.2) is 56.5 Å². The Morgan fingerprint density at radius 3 is 2.28 bits per heavy atom. The van der Waals surface area contributed by atoms with Crippen molar-refractivity contribution in [1.82, 2.24) is 9.21 Å². The zero-order valence-corrected chi connectivity index (χ0v) is 16.1. The van der Waals surface area contributed by atoms with Crippen LogP contribution in [0.1, 0.15) is 37.7 Å². The second-order valence-corrected chi connectivity index (χ2v) is 8.84. The summed E-state index contributed by atoms with van der Waals surface area (Å²) in [6.07, 6.45) is 6.96. The van der Waals surface area contributed by atoms with Crippen molar-refractivity contribution >= 4 is 15.9 Å². The second-order valence-electron chi connectivity index (χ2n) is 6.75. The van der Waals surface area contributed by atoms with Gasteiger partial charge in [0, 0.05) is 26.7 Å². The van der Waals surface area contributed by atoms with Crippen LogP contribution in [0.25, 0.3) is 0 Å². The largest absolute Gasteiger partial charge is 0.484 e. The average molecular weight is 368 g/mol. The SMILES string of the molecule is CN(C(=O)COc1ccc(CN(C)S(C)(=O)=O)cc1)C1CCCCC1. The van der Waals surface area contributed by atoms with Gasteiger partial charge in [-0.2, -0.15) is 0 Å². The van der Waals surface area contributed by atoms with Crippen LogP contribution in [0, 0.1) is 0 Å². The minimum Gasteiger partial charge on any atom is -0.484 e. The molecule has 0 aliphatic heterocycles. The molecule has 1 aliphatic rings. The lowest BCUT2D eigenvalue weighted by Gasteiger charge is -2.31. The maximum absolute atomic E-state index is 12.3. The second kappa shape index (κ2) is 8.67. The highest BCUT2D eigenvalue weighted by Gasteiger charge is 2.22. The molecule has 1 aromatic carbocycles. The first-order valence-electron chi connectivity index (χ1n) is 8.66. The monoisotopic (exact) mass is 368 g/mol. The molecule has 1 fully saturated rings. The number of hydrogen-bond donors (Lipinski definition) is 0. The van der Waals surface area contributed by atoms with Gasteiger partial charge in [-0.1, -0.05) is 31.4 Å². The van der Waals surface area contributed by atoms with E-state index in [2.05, 4.69) is 0 Å². The predicted octanol–water partition coefficient (Wildman–Crippen LogP) is 2.25. The Morgan fingerprint density at radius 1 is 1.12 bits per heavy atom. The summed E-state index contributed by atoms with van der Waals surface area (Å²) in [4.78, 5) is 14.1. The molecule has 1 saturated carbocycles. The molecular weight excluding hydrogens is 340 g/mol. The van der Waals surface area contributed by atoms with E-state index in [4.69, 9.17) is 4.74 Å². The summed E-state index contributed by atoms with van der Waals surface area (Å²) >= 11 is 0. The Morgan fingerprint density at radius 2 is 1.72 bits per heavy atom. The summed E-state index contributed by atoms with van der Waals surface area (Å²) in [7, 11) is 0.193. The van der Waals surface area contributed by atoms with E-state index in [1.807, 2.05) is 24.1 Å². The van der Waals surface area contributed by atoms with Crippen LogP contribution in [0.4, 0.5) is 0 Å². The number of carbonyl (C=O) groups is 1. The van der Waals surface area contributed by atoms with Crippen LogP contribution in [-0.2, 0) is 21.4 Å². The first-order chi connectivity index (χ1) is 11.8. The van der Waals surface area contributed by atoms with Gasteiger partial charge in [-0.25, -0.2) is 12.7 Å². The highest BCUT2D eigenvalue weighted by Crippen LogP contribution is 2.22. The first kappa shape index (κ1) is 19.7. The molecule has 25 heavy (non-hydrogen) atoms. The molecule has 2 rings (SSSR count). The standard InChI is InChI=1S/C18H28N2O4S/c1-19(25(3,22)23)13-15-9-11-17(12-10-15)24-14-18(21)20(2)16-7-5-4-6-8-16/h9-12,16H,4-8,13-14H2,1-3H3. The van der Waals surface area contributed by atoms with E-state index in [9.17, 15) is 13.2 Å². The minimum atomic E-state index is -3.20. The van der Waals surface area contributed by atoms with Crippen molar-refractivity contribution in [1.29, 1.82) is 0 Å². The number of amides is 1. The smallest absolute Gasteiger partial charge is 0.260 e. The molecule has 0 aromatic heterocycles. The molecule has 0 radical (unpaired) electrons. The van der Waals surface area contributed by atoms with Crippen LogP contribution in [0.5, 0.6) is 5.75 Å². The number of hydrogen-bond acceptors (Lipinski definition) is 4. The number of benzene rings is 1. The van der Waals surface area contributed by atoms with Gasteiger partial charge in [-0.3, -0.25) is 4.79 Å². The Hall–Kier alpha value is -1.60. The van der Waals surface area contributed by atoms with Gasteiger partial charge in [0.15, 0.2) is 6.61 Å². The Bertz CT molecular complexity index is 667. The van der Waals surface area contributed by atoms with Crippen LogP contribution in [0.2, 0.25) is 0 Å². The fourth-order valence-corrected chi connectivity index (χ4v) is 3.37. The number of sulfonamides is 1. The summed E-state index contributed by atoms with van der Waals surface area (Å²) < 4.78 is 29.7. The van der Waals surface area contributed by atoms with Gasteiger partial charge in [0.2, 0.25) is 10.0 Å². The summed E-state index contributed by atoms with van der Waals surface area (Å²) in [5.41, 5.74) is 0.867. The fourth-order valence-electron chi connectivity index (χ4n) is 2.98. The van der Waals surface area contributed by atoms with Gasteiger partial charge >= 0.3 is 0 Å². The van der Waals surface area contributed by atoms with Crippen LogP contribution in [0.3, 0.4) is 0 Å². The zero-order chi connectivity index (χ0) is 18.4. The van der Waals surface area contributed by atoms with E-state index in [1.54, 1.807) is 19.2 Å². The van der Waals surface area contributed by atoms with E-state index in [1.165, 1.54) is 29.8 Å². The quantitative estimate of drug-likeness (QED) is 0.740. The lowest BCUT2D eigenvalue weighted by atomic mass is 9.94. The van der Waals surface area contributed by atoms with Gasteiger partial charge in [-0.05, 0) is 30.5 Å². The minimum absolute atomic E-state index is 0.00668. The van der Waals surface area contributed by atoms with Crippen molar-refractivity contribution in [3.05, 3.63) is 29.8 Å². The third-order valence-corrected chi connectivity index (χ3v) is 6.03. The number of rotatable bonds is 7. The third kappa shape index (κ3) is 6.01. The number of ether oxygens (including phenoxy) is 1. The first-order valence-corrected chi connectivity index (χ1v) is 10.5. The number of nitrogens with zero attached hydrogens (tertiary/aromatic N) is 2. The van der Waals surface area contributed by atoms with Gasteiger partial charge in [0.25, 0.3) is 5.91 Å². The van der Waals surface area contributed by atoms with Crippen LogP contribution >= 0.6 is 0 Å². The van der Waals surface area contributed by atoms with E-state index in [0.717, 1.165) is 18.4 Å². The Balaban J connectivity index is 1.83. The van der Waals surface area contributed by atoms with E-state index < -0.39 is 10.0 Å². The Kier molecular flexibility index (Phi) is 6.84. The molecule has 6 nitrogen and oxygen atoms in total. The van der Waals surface area contributed by atoms with Gasteiger partial charge < -0.3 is 9.64 Å². The van der Waals surface area contributed by atoms with Crippen LogP contribution in [0.15, 0.2) is 24.3 Å². The molecule has 0 atom stereocenters. The molecule has 1 aliphatic carbocycles. The molecule has 0 heterocycles. The maximum atomic E-state index is 12.3. The van der Waals surface area contributed by atoms with Crippen molar-refractivity contribution in [2.24, 2.45) is 0 Å². The Labute approximate surface area is 150 Å². The van der Waals surface area contributed by atoms with Crippen molar-refractivity contribution in [3.8, 4) is 5.75 Å². The number of likely N-dealkylation sites (N-methyl/N-ethyl adjacent to an activating group) is 1. The topological polar surface area (TPSA) is 66.9 Å². The van der Waals surface area contributed by atoms with E-state index in [0.29, 0.717) is 18.3 Å². The van der Waals surface area contributed by atoms with Gasteiger partial charge in [-0.15, -0.1) is 0 Å². The normalized spacial score (nSPS) is 16.0. The van der Waals surface area contributed by atoms with E-state index >= 15 is 0 Å². The van der Waals surface area contributed by atoms with Crippen molar-refractivity contribution < 1.29 is 17.9 Å². The summed E-state index contributed by atoms with van der Waals surface area (Å²) in [5, 5.41) is 0. The average Bonchev–Trinajstić information content (AvgIpc) is 2.60. The van der Waals surface area contributed by atoms with Crippen LogP contribution < -0.4 is 4.74 Å². The third-order valence-electron chi connectivity index (χ3n) is 4.77. The molecule has 7 heteroatoms. The predicted molar refractivity (Wildman–Crippen MR) is 97.9 cm³/mol. The molecule has 140 valence electrons. The van der Waals surface area contributed by atoms with Crippen molar-refractivity contribution in [2.45, 2.75) is 44.7 Å². The molecule has 1 amide bonds. The molecule has 0 unspecified atom stereocenters. The van der Waals surface area contributed by atoms with Crippen molar-refractivity contribution in [2.75, 3.05) is 27.0 Å².